The molecular formula is C21H20N4O2. The number of hydrogen-bond donors (Lipinski definition) is 3. The van der Waals surface area contributed by atoms with Gasteiger partial charge in [-0.25, -0.2) is 4.98 Å². The topological polar surface area (TPSA) is 93.1 Å². The number of nitrogens with zero attached hydrogens (tertiary/aromatic N) is 2. The molecular weight excluding hydrogens is 340 g/mol. The fraction of sp³-hybridized carbons (Fsp3) is 0.190. The quantitative estimate of drug-likeness (QED) is 0.612. The number of aliphatic hydroxyl groups excluding tert-OH is 1. The molecule has 136 valence electrons. The van der Waals surface area contributed by atoms with Gasteiger partial charge in [0.15, 0.2) is 5.78 Å². The zero-order chi connectivity index (χ0) is 19.3. The minimum Gasteiger partial charge on any atom is -0.509 e. The number of Topliss-reactive ketones (excluding diaryl/α,β-unsaturated/α-hetero) is 1. The van der Waals surface area contributed by atoms with Gasteiger partial charge in [0.05, 0.1) is 23.2 Å². The Morgan fingerprint density at radius 3 is 2.70 bits per heavy atom. The van der Waals surface area contributed by atoms with Crippen LogP contribution in [0.2, 0.25) is 0 Å². The number of imidazole rings is 1. The maximum Gasteiger partial charge on any atom is 0.159 e. The number of aryl methyl sites for hydroxylation is 2. The Morgan fingerprint density at radius 2 is 1.96 bits per heavy atom. The summed E-state index contributed by atoms with van der Waals surface area (Å²) in [6.07, 6.45) is 0. The van der Waals surface area contributed by atoms with Gasteiger partial charge in [-0.15, -0.1) is 0 Å². The molecule has 6 nitrogen and oxygen atoms in total. The third-order valence-electron chi connectivity index (χ3n) is 5.00. The van der Waals surface area contributed by atoms with Crippen LogP contribution in [0.5, 0.6) is 0 Å². The standard InChI is InChI=1S/C21H20N4O2/c1-11-7-16-17(8-12(11)2)24-21(23-16)19-18(27)10-25(20(19)22)15-6-4-5-14(9-15)13(3)26/h4-9,22,27H,10H2,1-3H3,(H,23,24). The molecule has 6 heteroatoms. The smallest absolute Gasteiger partial charge is 0.159 e. The number of benzene rings is 2. The van der Waals surface area contributed by atoms with E-state index < -0.39 is 0 Å². The molecule has 1 aliphatic heterocycles. The molecule has 1 aliphatic rings. The summed E-state index contributed by atoms with van der Waals surface area (Å²) in [5.41, 5.74) is 5.62. The number of ketones is 1. The SMILES string of the molecule is CC(=O)c1cccc(N2CC(O)=C(c3nc4cc(C)c(C)cc4[nH]3)C2=N)c1. The maximum atomic E-state index is 11.7. The number of aromatic nitrogens is 2. The van der Waals surface area contributed by atoms with Crippen molar-refractivity contribution in [2.24, 2.45) is 0 Å². The molecule has 0 amide bonds. The van der Waals surface area contributed by atoms with Crippen molar-refractivity contribution in [1.82, 2.24) is 9.97 Å². The molecule has 0 aliphatic carbocycles. The van der Waals surface area contributed by atoms with E-state index in [0.29, 0.717) is 22.6 Å². The normalized spacial score (nSPS) is 14.5. The third kappa shape index (κ3) is 2.79. The average Bonchev–Trinajstić information content (AvgIpc) is 3.15. The first-order valence-corrected chi connectivity index (χ1v) is 8.72. The Balaban J connectivity index is 1.73. The number of fused-ring (bicyclic) bond motifs is 1. The van der Waals surface area contributed by atoms with E-state index in [1.165, 1.54) is 6.92 Å². The minimum absolute atomic E-state index is 0.0389. The third-order valence-corrected chi connectivity index (χ3v) is 5.00. The van der Waals surface area contributed by atoms with E-state index in [4.69, 9.17) is 5.41 Å². The lowest BCUT2D eigenvalue weighted by molar-refractivity contribution is 0.101. The monoisotopic (exact) mass is 360 g/mol. The van der Waals surface area contributed by atoms with Gasteiger partial charge < -0.3 is 15.0 Å². The molecule has 0 spiro atoms. The summed E-state index contributed by atoms with van der Waals surface area (Å²) in [6, 6.07) is 11.1. The molecule has 0 unspecified atom stereocenters. The molecule has 27 heavy (non-hydrogen) atoms. The van der Waals surface area contributed by atoms with E-state index in [9.17, 15) is 9.90 Å². The van der Waals surface area contributed by atoms with Gasteiger partial charge in [0.25, 0.3) is 0 Å². The fourth-order valence-electron chi connectivity index (χ4n) is 3.33. The van der Waals surface area contributed by atoms with E-state index in [0.717, 1.165) is 22.2 Å². The number of hydrogen-bond acceptors (Lipinski definition) is 4. The van der Waals surface area contributed by atoms with Crippen molar-refractivity contribution in [3.05, 3.63) is 64.7 Å². The number of amidine groups is 1. The molecule has 0 saturated carbocycles. The summed E-state index contributed by atoms with van der Waals surface area (Å²) in [5, 5.41) is 19.1. The number of carbonyl (C=O) groups is 1. The summed E-state index contributed by atoms with van der Waals surface area (Å²) in [5.74, 6) is 0.673. The molecule has 1 aromatic heterocycles. The van der Waals surface area contributed by atoms with Crippen LogP contribution in [0.4, 0.5) is 5.69 Å². The summed E-state index contributed by atoms with van der Waals surface area (Å²) >= 11 is 0. The van der Waals surface area contributed by atoms with Crippen molar-refractivity contribution in [2.45, 2.75) is 20.8 Å². The van der Waals surface area contributed by atoms with Crippen LogP contribution < -0.4 is 4.90 Å². The molecule has 0 fully saturated rings. The fourth-order valence-corrected chi connectivity index (χ4v) is 3.33. The Morgan fingerprint density at radius 1 is 1.22 bits per heavy atom. The molecule has 0 bridgehead atoms. The van der Waals surface area contributed by atoms with Gasteiger partial charge in [0.1, 0.15) is 17.4 Å². The summed E-state index contributed by atoms with van der Waals surface area (Å²) in [7, 11) is 0. The van der Waals surface area contributed by atoms with E-state index in [2.05, 4.69) is 9.97 Å². The van der Waals surface area contributed by atoms with Crippen LogP contribution in [0.1, 0.15) is 34.2 Å². The van der Waals surface area contributed by atoms with E-state index in [-0.39, 0.29) is 23.9 Å². The van der Waals surface area contributed by atoms with Gasteiger partial charge in [-0.3, -0.25) is 10.2 Å². The summed E-state index contributed by atoms with van der Waals surface area (Å²) in [4.78, 5) is 21.1. The Bertz CT molecular complexity index is 1100. The lowest BCUT2D eigenvalue weighted by Gasteiger charge is -2.19. The van der Waals surface area contributed by atoms with Crippen LogP contribution in [0, 0.1) is 19.3 Å². The van der Waals surface area contributed by atoms with Crippen molar-refractivity contribution in [3.63, 3.8) is 0 Å². The molecule has 0 atom stereocenters. The van der Waals surface area contributed by atoms with Gasteiger partial charge in [-0.2, -0.15) is 0 Å². The van der Waals surface area contributed by atoms with Crippen LogP contribution in [0.15, 0.2) is 42.2 Å². The number of H-pyrrole nitrogens is 1. The average molecular weight is 360 g/mol. The second-order valence-corrected chi connectivity index (χ2v) is 6.90. The lowest BCUT2D eigenvalue weighted by atomic mass is 10.1. The zero-order valence-corrected chi connectivity index (χ0v) is 15.4. The van der Waals surface area contributed by atoms with Crippen molar-refractivity contribution in [1.29, 1.82) is 5.41 Å². The number of carbonyl (C=O) groups excluding carboxylic acids is 1. The predicted molar refractivity (Wildman–Crippen MR) is 107 cm³/mol. The molecule has 0 radical (unpaired) electrons. The highest BCUT2D eigenvalue weighted by Crippen LogP contribution is 2.31. The van der Waals surface area contributed by atoms with Crippen LogP contribution in [-0.2, 0) is 0 Å². The molecule has 2 heterocycles. The largest absolute Gasteiger partial charge is 0.509 e. The highest BCUT2D eigenvalue weighted by Gasteiger charge is 2.31. The van der Waals surface area contributed by atoms with Gasteiger partial charge in [-0.1, -0.05) is 12.1 Å². The van der Waals surface area contributed by atoms with Crippen LogP contribution in [0.3, 0.4) is 0 Å². The Labute approximate surface area is 156 Å². The highest BCUT2D eigenvalue weighted by atomic mass is 16.3. The second kappa shape index (κ2) is 6.09. The molecule has 4 rings (SSSR count). The van der Waals surface area contributed by atoms with Gasteiger partial charge in [0.2, 0.25) is 0 Å². The molecule has 0 saturated heterocycles. The Hall–Kier alpha value is -3.41. The zero-order valence-electron chi connectivity index (χ0n) is 15.4. The van der Waals surface area contributed by atoms with E-state index in [1.54, 1.807) is 23.1 Å². The molecule has 3 N–H and O–H groups in total. The summed E-state index contributed by atoms with van der Waals surface area (Å²) in [6.45, 7) is 5.74. The van der Waals surface area contributed by atoms with Gasteiger partial charge in [-0.05, 0) is 56.2 Å². The Kier molecular flexibility index (Phi) is 3.84. The first-order chi connectivity index (χ1) is 12.8. The predicted octanol–water partition coefficient (Wildman–Crippen LogP) is 4.15. The lowest BCUT2D eigenvalue weighted by Crippen LogP contribution is -2.26. The van der Waals surface area contributed by atoms with E-state index in [1.807, 2.05) is 32.0 Å². The second-order valence-electron chi connectivity index (χ2n) is 6.90. The number of aliphatic hydroxyl groups is 1. The van der Waals surface area contributed by atoms with Crippen molar-refractivity contribution in [2.75, 3.05) is 11.4 Å². The van der Waals surface area contributed by atoms with E-state index >= 15 is 0 Å². The van der Waals surface area contributed by atoms with Crippen LogP contribution >= 0.6 is 0 Å². The number of aromatic amines is 1. The van der Waals surface area contributed by atoms with Crippen molar-refractivity contribution >= 4 is 33.9 Å². The van der Waals surface area contributed by atoms with Crippen molar-refractivity contribution < 1.29 is 9.90 Å². The molecule has 3 aromatic rings. The van der Waals surface area contributed by atoms with Gasteiger partial charge >= 0.3 is 0 Å². The number of rotatable bonds is 3. The highest BCUT2D eigenvalue weighted by molar-refractivity contribution is 6.30. The number of anilines is 1. The first-order valence-electron chi connectivity index (χ1n) is 8.72. The number of nitrogens with one attached hydrogen (secondary N) is 2. The summed E-state index contributed by atoms with van der Waals surface area (Å²) < 4.78 is 0. The van der Waals surface area contributed by atoms with Crippen LogP contribution in [-0.4, -0.2) is 33.2 Å². The van der Waals surface area contributed by atoms with Crippen molar-refractivity contribution in [3.8, 4) is 0 Å². The molecule has 2 aromatic carbocycles. The maximum absolute atomic E-state index is 11.7. The first kappa shape index (κ1) is 17.0. The minimum atomic E-state index is -0.0389. The van der Waals surface area contributed by atoms with Gasteiger partial charge in [0, 0.05) is 11.3 Å². The van der Waals surface area contributed by atoms with Crippen LogP contribution in [0.25, 0.3) is 16.6 Å².